The van der Waals surface area contributed by atoms with Gasteiger partial charge in [-0.2, -0.15) is 5.10 Å². The van der Waals surface area contributed by atoms with E-state index in [-0.39, 0.29) is 6.61 Å². The summed E-state index contributed by atoms with van der Waals surface area (Å²) in [6.07, 6.45) is 0.556. The number of aromatic amines is 1. The van der Waals surface area contributed by atoms with Crippen LogP contribution in [0.1, 0.15) is 26.3 Å². The van der Waals surface area contributed by atoms with Crippen LogP contribution in [0.15, 0.2) is 57.2 Å². The molecule has 0 aliphatic rings. The lowest BCUT2D eigenvalue weighted by Crippen LogP contribution is -2.32. The van der Waals surface area contributed by atoms with Gasteiger partial charge in [0.05, 0.1) is 30.3 Å². The second kappa shape index (κ2) is 9.75. The Morgan fingerprint density at radius 1 is 1.13 bits per heavy atom. The normalized spacial score (nSPS) is 12.1. The van der Waals surface area contributed by atoms with Crippen LogP contribution in [0.2, 0.25) is 0 Å². The highest BCUT2D eigenvalue weighted by Crippen LogP contribution is 2.29. The fraction of sp³-hybridized carbons (Fsp3) is 0.273. The van der Waals surface area contributed by atoms with Gasteiger partial charge in [-0.15, -0.1) is 4.68 Å². The molecule has 31 heavy (non-hydrogen) atoms. The number of aromatic nitrogens is 2. The van der Waals surface area contributed by atoms with Crippen molar-refractivity contribution in [2.24, 2.45) is 5.10 Å². The number of para-hydroxylation sites is 1. The van der Waals surface area contributed by atoms with Gasteiger partial charge in [-0.05, 0) is 56.7 Å². The molecule has 0 amide bonds. The third-order valence-corrected chi connectivity index (χ3v) is 4.30. The predicted octanol–water partition coefficient (Wildman–Crippen LogP) is 2.30. The first-order valence-corrected chi connectivity index (χ1v) is 9.83. The van der Waals surface area contributed by atoms with Crippen LogP contribution in [0.5, 0.6) is 11.5 Å². The zero-order valence-electron chi connectivity index (χ0n) is 17.5. The summed E-state index contributed by atoms with van der Waals surface area (Å²) in [6.45, 7) is 5.74. The standard InChI is InChI=1S/C22H23N3O6/c1-4-29-19-12-15(10-11-18(19)31-14(3)21(27)30-5-2)13-23-25-20(26)16-8-6-7-9-17(16)24-22(25)28/h6-14H,4-5H2,1-3H3,(H,24,28)/t14-/m1/s1. The molecule has 2 aromatic carbocycles. The minimum atomic E-state index is -0.812. The molecule has 0 bridgehead atoms. The van der Waals surface area contributed by atoms with Crippen LogP contribution in [0.25, 0.3) is 10.9 Å². The van der Waals surface area contributed by atoms with Crippen molar-refractivity contribution in [1.29, 1.82) is 0 Å². The van der Waals surface area contributed by atoms with Crippen molar-refractivity contribution in [2.45, 2.75) is 26.9 Å². The van der Waals surface area contributed by atoms with Gasteiger partial charge in [0.25, 0.3) is 5.56 Å². The molecule has 3 aromatic rings. The van der Waals surface area contributed by atoms with Gasteiger partial charge in [0, 0.05) is 0 Å². The number of ether oxygens (including phenoxy) is 3. The summed E-state index contributed by atoms with van der Waals surface area (Å²) < 4.78 is 17.0. The maximum absolute atomic E-state index is 12.6. The number of carbonyl (C=O) groups is 1. The first-order chi connectivity index (χ1) is 14.9. The number of H-pyrrole nitrogens is 1. The van der Waals surface area contributed by atoms with Crippen LogP contribution in [-0.4, -0.2) is 41.2 Å². The second-order valence-electron chi connectivity index (χ2n) is 6.49. The molecule has 1 N–H and O–H groups in total. The number of nitrogens with one attached hydrogen (secondary N) is 1. The number of hydrogen-bond donors (Lipinski definition) is 1. The van der Waals surface area contributed by atoms with Crippen molar-refractivity contribution < 1.29 is 19.0 Å². The molecule has 0 saturated heterocycles. The molecule has 0 unspecified atom stereocenters. The average Bonchev–Trinajstić information content (AvgIpc) is 2.75. The lowest BCUT2D eigenvalue weighted by atomic mass is 10.2. The predicted molar refractivity (Wildman–Crippen MR) is 116 cm³/mol. The monoisotopic (exact) mass is 425 g/mol. The van der Waals surface area contributed by atoms with Crippen molar-refractivity contribution in [1.82, 2.24) is 9.66 Å². The van der Waals surface area contributed by atoms with Crippen molar-refractivity contribution in [3.8, 4) is 11.5 Å². The minimum absolute atomic E-state index is 0.257. The van der Waals surface area contributed by atoms with Gasteiger partial charge >= 0.3 is 11.7 Å². The Labute approximate surface area is 177 Å². The first kappa shape index (κ1) is 21.8. The Morgan fingerprint density at radius 3 is 2.65 bits per heavy atom. The van der Waals surface area contributed by atoms with E-state index in [2.05, 4.69) is 10.1 Å². The van der Waals surface area contributed by atoms with Gasteiger partial charge in [0.2, 0.25) is 0 Å². The Kier molecular flexibility index (Phi) is 6.86. The molecule has 0 radical (unpaired) electrons. The van der Waals surface area contributed by atoms with Crippen molar-refractivity contribution in [3.63, 3.8) is 0 Å². The molecule has 1 atom stereocenters. The largest absolute Gasteiger partial charge is 0.490 e. The van der Waals surface area contributed by atoms with Gasteiger partial charge in [-0.1, -0.05) is 12.1 Å². The highest BCUT2D eigenvalue weighted by atomic mass is 16.6. The number of fused-ring (bicyclic) bond motifs is 1. The van der Waals surface area contributed by atoms with E-state index >= 15 is 0 Å². The van der Waals surface area contributed by atoms with E-state index in [9.17, 15) is 14.4 Å². The van der Waals surface area contributed by atoms with Crippen LogP contribution in [0.3, 0.4) is 0 Å². The Morgan fingerprint density at radius 2 is 1.90 bits per heavy atom. The Bertz CT molecular complexity index is 1230. The lowest BCUT2D eigenvalue weighted by molar-refractivity contribution is -0.150. The second-order valence-corrected chi connectivity index (χ2v) is 6.49. The highest BCUT2D eigenvalue weighted by Gasteiger charge is 2.18. The molecule has 0 fully saturated rings. The summed E-state index contributed by atoms with van der Waals surface area (Å²) in [4.78, 5) is 39.3. The molecular formula is C22H23N3O6. The molecule has 9 nitrogen and oxygen atoms in total. The Balaban J connectivity index is 1.90. The first-order valence-electron chi connectivity index (χ1n) is 9.83. The van der Waals surface area contributed by atoms with Crippen LogP contribution in [-0.2, 0) is 9.53 Å². The molecule has 0 aliphatic heterocycles. The fourth-order valence-corrected chi connectivity index (χ4v) is 2.85. The molecule has 1 aromatic heterocycles. The zero-order valence-corrected chi connectivity index (χ0v) is 17.5. The van der Waals surface area contributed by atoms with Gasteiger partial charge in [-0.3, -0.25) is 4.79 Å². The van der Waals surface area contributed by atoms with Gasteiger partial charge in [0.1, 0.15) is 0 Å². The summed E-state index contributed by atoms with van der Waals surface area (Å²) in [6, 6.07) is 11.6. The summed E-state index contributed by atoms with van der Waals surface area (Å²) in [5, 5.41) is 4.39. The molecule has 3 rings (SSSR count). The van der Waals surface area contributed by atoms with Crippen LogP contribution in [0, 0.1) is 0 Å². The lowest BCUT2D eigenvalue weighted by Gasteiger charge is -2.16. The highest BCUT2D eigenvalue weighted by molar-refractivity contribution is 5.81. The number of carbonyl (C=O) groups excluding carboxylic acids is 1. The average molecular weight is 425 g/mol. The molecule has 1 heterocycles. The van der Waals surface area contributed by atoms with E-state index < -0.39 is 23.3 Å². The quantitative estimate of drug-likeness (QED) is 0.438. The molecular weight excluding hydrogens is 402 g/mol. The molecule has 0 saturated carbocycles. The SMILES string of the molecule is CCOC(=O)[C@@H](C)Oc1ccc(C=Nn2c(=O)[nH]c3ccccc3c2=O)cc1OCC. The zero-order chi connectivity index (χ0) is 22.4. The van der Waals surface area contributed by atoms with E-state index in [4.69, 9.17) is 14.2 Å². The number of hydrogen-bond acceptors (Lipinski definition) is 7. The molecule has 9 heteroatoms. The van der Waals surface area contributed by atoms with E-state index in [1.807, 2.05) is 6.92 Å². The smallest absolute Gasteiger partial charge is 0.349 e. The summed E-state index contributed by atoms with van der Waals surface area (Å²) in [5.74, 6) is 0.271. The number of nitrogens with zero attached hydrogens (tertiary/aromatic N) is 2. The van der Waals surface area contributed by atoms with Crippen molar-refractivity contribution in [3.05, 3.63) is 68.9 Å². The topological polar surface area (TPSA) is 112 Å². The van der Waals surface area contributed by atoms with Crippen molar-refractivity contribution in [2.75, 3.05) is 13.2 Å². The Hall–Kier alpha value is -3.88. The molecule has 162 valence electrons. The maximum atomic E-state index is 12.6. The third kappa shape index (κ3) is 5.00. The van der Waals surface area contributed by atoms with E-state index in [0.717, 1.165) is 4.68 Å². The van der Waals surface area contributed by atoms with E-state index in [0.29, 0.717) is 34.6 Å². The van der Waals surface area contributed by atoms with Crippen LogP contribution >= 0.6 is 0 Å². The summed E-state index contributed by atoms with van der Waals surface area (Å²) in [5.41, 5.74) is -0.157. The third-order valence-electron chi connectivity index (χ3n) is 4.30. The van der Waals surface area contributed by atoms with E-state index in [1.165, 1.54) is 6.21 Å². The number of esters is 1. The number of benzene rings is 2. The van der Waals surface area contributed by atoms with Crippen molar-refractivity contribution >= 4 is 23.1 Å². The fourth-order valence-electron chi connectivity index (χ4n) is 2.85. The van der Waals surface area contributed by atoms with E-state index in [1.54, 1.807) is 56.3 Å². The summed E-state index contributed by atoms with van der Waals surface area (Å²) >= 11 is 0. The summed E-state index contributed by atoms with van der Waals surface area (Å²) in [7, 11) is 0. The van der Waals surface area contributed by atoms with Crippen LogP contribution in [0.4, 0.5) is 0 Å². The van der Waals surface area contributed by atoms with Gasteiger partial charge in [-0.25, -0.2) is 9.59 Å². The van der Waals surface area contributed by atoms with Gasteiger partial charge in [0.15, 0.2) is 17.6 Å². The molecule has 0 spiro atoms. The van der Waals surface area contributed by atoms with Crippen LogP contribution < -0.4 is 20.7 Å². The molecule has 0 aliphatic carbocycles. The number of rotatable bonds is 8. The maximum Gasteiger partial charge on any atom is 0.349 e. The van der Waals surface area contributed by atoms with Gasteiger partial charge < -0.3 is 19.2 Å². The minimum Gasteiger partial charge on any atom is -0.490 e.